The Balaban J connectivity index is 2.12. The molecule has 0 aromatic rings. The van der Waals surface area contributed by atoms with Crippen molar-refractivity contribution in [2.24, 2.45) is 5.41 Å². The lowest BCUT2D eigenvalue weighted by molar-refractivity contribution is -0.322. The van der Waals surface area contributed by atoms with Crippen molar-refractivity contribution in [2.75, 3.05) is 13.2 Å². The summed E-state index contributed by atoms with van der Waals surface area (Å²) in [5.41, 5.74) is -0.335. The fourth-order valence-corrected chi connectivity index (χ4v) is 2.37. The van der Waals surface area contributed by atoms with Crippen LogP contribution in [0.15, 0.2) is 0 Å². The van der Waals surface area contributed by atoms with Crippen molar-refractivity contribution in [1.82, 2.24) is 0 Å². The van der Waals surface area contributed by atoms with Gasteiger partial charge in [0.1, 0.15) is 24.9 Å². The van der Waals surface area contributed by atoms with E-state index in [-0.39, 0.29) is 24.4 Å². The van der Waals surface area contributed by atoms with Crippen LogP contribution in [0.1, 0.15) is 41.5 Å². The first-order valence-corrected chi connectivity index (χ1v) is 7.29. The van der Waals surface area contributed by atoms with Crippen molar-refractivity contribution in [2.45, 2.75) is 71.4 Å². The second kappa shape index (κ2) is 5.28. The highest BCUT2D eigenvalue weighted by Gasteiger charge is 2.51. The van der Waals surface area contributed by atoms with Crippen LogP contribution in [0.3, 0.4) is 0 Å². The predicted molar refractivity (Wildman–Crippen MR) is 74.6 cm³/mol. The van der Waals surface area contributed by atoms with Crippen molar-refractivity contribution >= 4 is 5.78 Å². The molecule has 2 aliphatic rings. The van der Waals surface area contributed by atoms with Crippen LogP contribution in [0.5, 0.6) is 0 Å². The molecule has 1 N–H and O–H groups in total. The third kappa shape index (κ3) is 3.29. The van der Waals surface area contributed by atoms with Gasteiger partial charge in [-0.1, -0.05) is 20.8 Å². The topological polar surface area (TPSA) is 74.2 Å². The van der Waals surface area contributed by atoms with Gasteiger partial charge in [-0.05, 0) is 20.8 Å². The summed E-state index contributed by atoms with van der Waals surface area (Å²) in [6, 6.07) is 0. The molecule has 122 valence electrons. The SMILES string of the molecule is CC1(C)OC[C@H]([C@H](O)[C@@H]2O[C@](C)(C(C)(C)C)OCC2=O)O1. The molecule has 2 aliphatic heterocycles. The van der Waals surface area contributed by atoms with E-state index in [0.29, 0.717) is 0 Å². The molecule has 0 aromatic carbocycles. The summed E-state index contributed by atoms with van der Waals surface area (Å²) < 4.78 is 22.5. The molecule has 2 heterocycles. The van der Waals surface area contributed by atoms with Crippen LogP contribution in [0.25, 0.3) is 0 Å². The number of hydrogen-bond donors (Lipinski definition) is 1. The van der Waals surface area contributed by atoms with Crippen LogP contribution in [0.4, 0.5) is 0 Å². The van der Waals surface area contributed by atoms with Gasteiger partial charge in [-0.15, -0.1) is 0 Å². The second-order valence-electron chi connectivity index (χ2n) is 7.35. The number of ether oxygens (including phenoxy) is 4. The molecule has 2 saturated heterocycles. The third-order valence-electron chi connectivity index (χ3n) is 4.24. The smallest absolute Gasteiger partial charge is 0.190 e. The zero-order valence-electron chi connectivity index (χ0n) is 13.6. The molecule has 6 nitrogen and oxygen atoms in total. The molecule has 0 radical (unpaired) electrons. The van der Waals surface area contributed by atoms with Crippen LogP contribution < -0.4 is 0 Å². The Morgan fingerprint density at radius 2 is 1.81 bits per heavy atom. The van der Waals surface area contributed by atoms with E-state index in [1.54, 1.807) is 20.8 Å². The summed E-state index contributed by atoms with van der Waals surface area (Å²) in [5.74, 6) is -1.98. The Kier molecular flexibility index (Phi) is 4.23. The lowest BCUT2D eigenvalue weighted by atomic mass is 9.85. The number of hydrogen-bond acceptors (Lipinski definition) is 6. The highest BCUT2D eigenvalue weighted by molar-refractivity contribution is 5.85. The number of rotatable bonds is 2. The number of ketones is 1. The first-order valence-electron chi connectivity index (χ1n) is 7.29. The van der Waals surface area contributed by atoms with E-state index in [9.17, 15) is 9.90 Å². The van der Waals surface area contributed by atoms with Gasteiger partial charge < -0.3 is 24.1 Å². The summed E-state index contributed by atoms with van der Waals surface area (Å²) in [5, 5.41) is 10.5. The highest BCUT2D eigenvalue weighted by Crippen LogP contribution is 2.39. The van der Waals surface area contributed by atoms with Gasteiger partial charge in [-0.2, -0.15) is 0 Å². The van der Waals surface area contributed by atoms with Gasteiger partial charge in [0.2, 0.25) is 0 Å². The molecule has 0 unspecified atom stereocenters. The summed E-state index contributed by atoms with van der Waals surface area (Å²) in [6.45, 7) is 11.4. The van der Waals surface area contributed by atoms with E-state index in [0.717, 1.165) is 0 Å². The Bertz CT molecular complexity index is 413. The van der Waals surface area contributed by atoms with Gasteiger partial charge in [0.05, 0.1) is 6.61 Å². The average Bonchev–Trinajstić information content (AvgIpc) is 2.71. The molecule has 0 bridgehead atoms. The van der Waals surface area contributed by atoms with Crippen LogP contribution in [-0.2, 0) is 23.7 Å². The van der Waals surface area contributed by atoms with Crippen molar-refractivity contribution in [3.8, 4) is 0 Å². The van der Waals surface area contributed by atoms with E-state index >= 15 is 0 Å². The van der Waals surface area contributed by atoms with Crippen molar-refractivity contribution in [1.29, 1.82) is 0 Å². The fourth-order valence-electron chi connectivity index (χ4n) is 2.37. The summed E-state index contributed by atoms with van der Waals surface area (Å²) in [4.78, 5) is 12.1. The molecule has 0 saturated carbocycles. The van der Waals surface area contributed by atoms with Crippen molar-refractivity contribution < 1.29 is 28.8 Å². The number of carbonyl (C=O) groups is 1. The van der Waals surface area contributed by atoms with Crippen LogP contribution >= 0.6 is 0 Å². The highest BCUT2D eigenvalue weighted by atomic mass is 16.8. The number of carbonyl (C=O) groups excluding carboxylic acids is 1. The normalized spacial score (nSPS) is 38.5. The molecule has 2 fully saturated rings. The van der Waals surface area contributed by atoms with Gasteiger partial charge >= 0.3 is 0 Å². The third-order valence-corrected chi connectivity index (χ3v) is 4.24. The molecular formula is C15H26O6. The van der Waals surface area contributed by atoms with Gasteiger partial charge in [-0.3, -0.25) is 4.79 Å². The van der Waals surface area contributed by atoms with E-state index in [2.05, 4.69) is 0 Å². The lowest BCUT2D eigenvalue weighted by Crippen LogP contribution is -2.59. The Morgan fingerprint density at radius 1 is 1.19 bits per heavy atom. The first-order chi connectivity index (χ1) is 9.45. The first kappa shape index (κ1) is 16.8. The van der Waals surface area contributed by atoms with E-state index in [1.165, 1.54) is 0 Å². The molecule has 4 atom stereocenters. The Hall–Kier alpha value is -0.530. The van der Waals surface area contributed by atoms with Crippen LogP contribution in [-0.4, -0.2) is 54.0 Å². The minimum atomic E-state index is -1.08. The molecule has 0 aliphatic carbocycles. The quantitative estimate of drug-likeness (QED) is 0.827. The van der Waals surface area contributed by atoms with Gasteiger partial charge in [-0.25, -0.2) is 0 Å². The lowest BCUT2D eigenvalue weighted by Gasteiger charge is -2.47. The molecule has 0 aromatic heterocycles. The molecule has 21 heavy (non-hydrogen) atoms. The maximum atomic E-state index is 12.1. The van der Waals surface area contributed by atoms with Crippen LogP contribution in [0, 0.1) is 5.41 Å². The van der Waals surface area contributed by atoms with E-state index in [1.807, 2.05) is 20.8 Å². The maximum Gasteiger partial charge on any atom is 0.190 e. The minimum absolute atomic E-state index is 0.0769. The standard InChI is InChI=1S/C15H26O6/c1-13(2,3)15(6)19-7-9(16)12(21-15)11(17)10-8-18-14(4,5)20-10/h10-12,17H,7-8H2,1-6H3/t10-,11+,12-,15-/m1/s1. The number of Topliss-reactive ketones (excluding diaryl/α,β-unsaturated/α-hetero) is 1. The Morgan fingerprint density at radius 3 is 2.29 bits per heavy atom. The second-order valence-corrected chi connectivity index (χ2v) is 7.35. The van der Waals surface area contributed by atoms with Gasteiger partial charge in [0, 0.05) is 5.41 Å². The van der Waals surface area contributed by atoms with E-state index in [4.69, 9.17) is 18.9 Å². The largest absolute Gasteiger partial charge is 0.387 e. The van der Waals surface area contributed by atoms with Crippen molar-refractivity contribution in [3.63, 3.8) is 0 Å². The summed E-state index contributed by atoms with van der Waals surface area (Å²) in [6.07, 6.45) is -2.63. The van der Waals surface area contributed by atoms with Crippen molar-refractivity contribution in [3.05, 3.63) is 0 Å². The molecule has 0 amide bonds. The number of aliphatic hydroxyl groups is 1. The number of aliphatic hydroxyl groups excluding tert-OH is 1. The minimum Gasteiger partial charge on any atom is -0.387 e. The molecule has 0 spiro atoms. The summed E-state index contributed by atoms with van der Waals surface area (Å²) >= 11 is 0. The fraction of sp³-hybridized carbons (Fsp3) is 0.933. The van der Waals surface area contributed by atoms with Gasteiger partial charge in [0.15, 0.2) is 17.4 Å². The van der Waals surface area contributed by atoms with Crippen LogP contribution in [0.2, 0.25) is 0 Å². The zero-order valence-corrected chi connectivity index (χ0v) is 13.6. The summed E-state index contributed by atoms with van der Waals surface area (Å²) in [7, 11) is 0. The maximum absolute atomic E-state index is 12.1. The molecule has 6 heteroatoms. The average molecular weight is 302 g/mol. The van der Waals surface area contributed by atoms with E-state index < -0.39 is 29.9 Å². The van der Waals surface area contributed by atoms with Gasteiger partial charge in [0.25, 0.3) is 0 Å². The Labute approximate surface area is 125 Å². The molecule has 2 rings (SSSR count). The predicted octanol–water partition coefficient (Wildman–Crippen LogP) is 1.25. The molecular weight excluding hydrogens is 276 g/mol. The zero-order chi connectivity index (χ0) is 16.1. The monoisotopic (exact) mass is 302 g/mol.